The quantitative estimate of drug-likeness (QED) is 0.812. The van der Waals surface area contributed by atoms with Crippen molar-refractivity contribution in [1.29, 1.82) is 0 Å². The van der Waals surface area contributed by atoms with Crippen molar-refractivity contribution >= 4 is 23.0 Å². The third kappa shape index (κ3) is 3.93. The zero-order chi connectivity index (χ0) is 13.7. The Labute approximate surface area is 122 Å². The molecule has 1 aromatic rings. The molecule has 0 aromatic heterocycles. The van der Waals surface area contributed by atoms with Crippen LogP contribution >= 0.6 is 12.2 Å². The van der Waals surface area contributed by atoms with Crippen LogP contribution in [0.15, 0.2) is 24.3 Å². The molecule has 1 saturated carbocycles. The maximum Gasteiger partial charge on any atom is 0.171 e. The molecule has 0 saturated heterocycles. The number of anilines is 1. The number of rotatable bonds is 3. The Kier molecular flexibility index (Phi) is 5.20. The Morgan fingerprint density at radius 1 is 1.26 bits per heavy atom. The summed E-state index contributed by atoms with van der Waals surface area (Å²) in [5.41, 5.74) is 2.44. The lowest BCUT2D eigenvalue weighted by atomic mass is 9.86. The number of benzene rings is 1. The maximum absolute atomic E-state index is 5.46. The van der Waals surface area contributed by atoms with Crippen molar-refractivity contribution in [2.24, 2.45) is 5.92 Å². The molecule has 1 aliphatic rings. The predicted molar refractivity (Wildman–Crippen MR) is 86.6 cm³/mol. The summed E-state index contributed by atoms with van der Waals surface area (Å²) >= 11 is 5.46. The van der Waals surface area contributed by atoms with Crippen molar-refractivity contribution in [2.75, 3.05) is 5.32 Å². The van der Waals surface area contributed by atoms with Gasteiger partial charge in [0.2, 0.25) is 0 Å². The maximum atomic E-state index is 5.46. The van der Waals surface area contributed by atoms with E-state index >= 15 is 0 Å². The van der Waals surface area contributed by atoms with E-state index < -0.39 is 0 Å². The van der Waals surface area contributed by atoms with Crippen LogP contribution in [0.4, 0.5) is 5.69 Å². The van der Waals surface area contributed by atoms with Crippen LogP contribution in [-0.2, 0) is 6.42 Å². The first kappa shape index (κ1) is 14.3. The van der Waals surface area contributed by atoms with E-state index in [0.29, 0.717) is 6.04 Å². The number of aryl methyl sites for hydroxylation is 1. The van der Waals surface area contributed by atoms with Crippen molar-refractivity contribution in [3.8, 4) is 0 Å². The summed E-state index contributed by atoms with van der Waals surface area (Å²) in [6.45, 7) is 4.49. The zero-order valence-electron chi connectivity index (χ0n) is 11.9. The minimum Gasteiger partial charge on any atom is -0.359 e. The molecule has 1 aliphatic carbocycles. The van der Waals surface area contributed by atoms with Gasteiger partial charge in [0.25, 0.3) is 0 Å². The fourth-order valence-corrected chi connectivity index (χ4v) is 3.07. The Balaban J connectivity index is 1.93. The lowest BCUT2D eigenvalue weighted by Crippen LogP contribution is -2.43. The summed E-state index contributed by atoms with van der Waals surface area (Å²) in [5.74, 6) is 0.718. The molecule has 0 radical (unpaired) electrons. The number of hydrogen-bond donors (Lipinski definition) is 2. The summed E-state index contributed by atoms with van der Waals surface area (Å²) in [7, 11) is 0. The molecule has 2 N–H and O–H groups in total. The van der Waals surface area contributed by atoms with Crippen LogP contribution in [0.1, 0.15) is 45.1 Å². The first-order valence-corrected chi connectivity index (χ1v) is 7.77. The van der Waals surface area contributed by atoms with Crippen molar-refractivity contribution in [3.63, 3.8) is 0 Å². The van der Waals surface area contributed by atoms with E-state index in [-0.39, 0.29) is 0 Å². The van der Waals surface area contributed by atoms with E-state index in [2.05, 4.69) is 42.7 Å². The molecular weight excluding hydrogens is 252 g/mol. The Bertz CT molecular complexity index is 431. The molecule has 0 bridgehead atoms. The van der Waals surface area contributed by atoms with Gasteiger partial charge >= 0.3 is 0 Å². The van der Waals surface area contributed by atoms with E-state index in [1.165, 1.54) is 31.2 Å². The molecule has 3 heteroatoms. The average Bonchev–Trinajstić information content (AvgIpc) is 2.42. The van der Waals surface area contributed by atoms with Crippen molar-refractivity contribution in [2.45, 2.75) is 52.0 Å². The van der Waals surface area contributed by atoms with Crippen LogP contribution in [0.25, 0.3) is 0 Å². The minimum absolute atomic E-state index is 0.530. The highest BCUT2D eigenvalue weighted by atomic mass is 32.1. The third-order valence-electron chi connectivity index (χ3n) is 4.07. The van der Waals surface area contributed by atoms with Crippen LogP contribution < -0.4 is 10.6 Å². The van der Waals surface area contributed by atoms with E-state index in [9.17, 15) is 0 Å². The molecule has 2 rings (SSSR count). The molecule has 0 amide bonds. The zero-order valence-corrected chi connectivity index (χ0v) is 12.7. The van der Waals surface area contributed by atoms with Gasteiger partial charge in [-0.05, 0) is 49.0 Å². The van der Waals surface area contributed by atoms with Crippen LogP contribution in [0.3, 0.4) is 0 Å². The van der Waals surface area contributed by atoms with Crippen LogP contribution in [0, 0.1) is 5.92 Å². The van der Waals surface area contributed by atoms with Crippen molar-refractivity contribution in [1.82, 2.24) is 5.32 Å². The molecule has 0 spiro atoms. The second kappa shape index (κ2) is 6.90. The number of thiocarbonyl (C=S) groups is 1. The fourth-order valence-electron chi connectivity index (χ4n) is 2.81. The second-order valence-electron chi connectivity index (χ2n) is 5.48. The topological polar surface area (TPSA) is 24.1 Å². The molecule has 104 valence electrons. The monoisotopic (exact) mass is 276 g/mol. The first-order chi connectivity index (χ1) is 9.20. The Hall–Kier alpha value is -1.09. The molecule has 0 aliphatic heterocycles. The number of para-hydroxylation sites is 1. The fraction of sp³-hybridized carbons (Fsp3) is 0.562. The normalized spacial score (nSPS) is 22.8. The summed E-state index contributed by atoms with van der Waals surface area (Å²) in [6, 6.07) is 8.89. The van der Waals surface area contributed by atoms with Crippen LogP contribution in [-0.4, -0.2) is 11.2 Å². The van der Waals surface area contributed by atoms with Crippen LogP contribution in [0.5, 0.6) is 0 Å². The van der Waals surface area contributed by atoms with E-state index in [1.807, 2.05) is 6.07 Å². The molecule has 1 fully saturated rings. The lowest BCUT2D eigenvalue weighted by Gasteiger charge is -2.30. The summed E-state index contributed by atoms with van der Waals surface area (Å²) in [6.07, 6.45) is 6.24. The lowest BCUT2D eigenvalue weighted by molar-refractivity contribution is 0.309. The third-order valence-corrected chi connectivity index (χ3v) is 4.29. The minimum atomic E-state index is 0.530. The first-order valence-electron chi connectivity index (χ1n) is 7.36. The molecular formula is C16H24N2S. The summed E-state index contributed by atoms with van der Waals surface area (Å²) in [4.78, 5) is 0. The highest BCUT2D eigenvalue weighted by molar-refractivity contribution is 7.80. The molecule has 0 unspecified atom stereocenters. The van der Waals surface area contributed by atoms with Gasteiger partial charge in [0.15, 0.2) is 5.11 Å². The highest BCUT2D eigenvalue weighted by Gasteiger charge is 2.21. The van der Waals surface area contributed by atoms with Gasteiger partial charge in [0, 0.05) is 11.7 Å². The van der Waals surface area contributed by atoms with Gasteiger partial charge in [-0.25, -0.2) is 0 Å². The van der Waals surface area contributed by atoms with Gasteiger partial charge in [-0.2, -0.15) is 0 Å². The van der Waals surface area contributed by atoms with Gasteiger partial charge in [-0.3, -0.25) is 0 Å². The molecule has 19 heavy (non-hydrogen) atoms. The molecule has 0 heterocycles. The van der Waals surface area contributed by atoms with E-state index in [4.69, 9.17) is 12.2 Å². The second-order valence-corrected chi connectivity index (χ2v) is 5.89. The predicted octanol–water partition coefficient (Wildman–Crippen LogP) is 4.11. The highest BCUT2D eigenvalue weighted by Crippen LogP contribution is 2.24. The van der Waals surface area contributed by atoms with Gasteiger partial charge in [-0.15, -0.1) is 0 Å². The van der Waals surface area contributed by atoms with Gasteiger partial charge in [0.05, 0.1) is 0 Å². The van der Waals surface area contributed by atoms with Crippen molar-refractivity contribution in [3.05, 3.63) is 29.8 Å². The van der Waals surface area contributed by atoms with E-state index in [0.717, 1.165) is 23.1 Å². The number of nitrogens with one attached hydrogen (secondary N) is 2. The largest absolute Gasteiger partial charge is 0.359 e. The molecule has 2 nitrogen and oxygen atoms in total. The standard InChI is InChI=1S/C16H24N2S/c1-3-13-9-5-7-11-15(13)18-16(19)17-14-10-6-4-8-12(14)2/h5,7,9,11-12,14H,3-4,6,8,10H2,1-2H3,(H2,17,18,19)/t12-,14-/m0/s1. The molecule has 1 aromatic carbocycles. The SMILES string of the molecule is CCc1ccccc1NC(=S)N[C@H]1CCCC[C@@H]1C. The van der Waals surface area contributed by atoms with Gasteiger partial charge < -0.3 is 10.6 Å². The van der Waals surface area contributed by atoms with Crippen molar-refractivity contribution < 1.29 is 0 Å². The van der Waals surface area contributed by atoms with Crippen LogP contribution in [0.2, 0.25) is 0 Å². The Morgan fingerprint density at radius 2 is 2.00 bits per heavy atom. The van der Waals surface area contributed by atoms with Gasteiger partial charge in [0.1, 0.15) is 0 Å². The molecule has 2 atom stereocenters. The summed E-state index contributed by atoms with van der Waals surface area (Å²) in [5, 5.41) is 7.60. The average molecular weight is 276 g/mol. The smallest absolute Gasteiger partial charge is 0.171 e. The Morgan fingerprint density at radius 3 is 2.74 bits per heavy atom. The van der Waals surface area contributed by atoms with Gasteiger partial charge in [-0.1, -0.05) is 44.9 Å². The van der Waals surface area contributed by atoms with E-state index in [1.54, 1.807) is 0 Å². The summed E-state index contributed by atoms with van der Waals surface area (Å²) < 4.78 is 0. The number of hydrogen-bond acceptors (Lipinski definition) is 1.